The minimum absolute atomic E-state index is 0. The number of carbonyl (C=O) groups excluding carboxylic acids is 2. The molecule has 1 unspecified atom stereocenters. The lowest BCUT2D eigenvalue weighted by atomic mass is 10.0. The first-order valence-electron chi connectivity index (χ1n) is 9.37. The van der Waals surface area contributed by atoms with Gasteiger partial charge in [-0.15, -0.1) is 0 Å². The molecule has 1 atom stereocenters. The number of nitrogens with one attached hydrogen (secondary N) is 2. The molecule has 0 spiro atoms. The number of amides is 2. The Kier molecular flexibility index (Phi) is 10.8. The number of aromatic nitrogens is 1. The molecule has 0 aliphatic rings. The van der Waals surface area contributed by atoms with Crippen LogP contribution in [0.2, 0.25) is 5.15 Å². The standard InChI is InChI=1S/C23H22ClN3O3.CH4/c1-4-30-27-23(29)21(16(2)3)26-22(28)19-12-9-17(10-13-19)7-5-6-8-18-11-14-20(24)25-15-18;/h9-16,21H,4H2,1-3H3,(H,26,28)(H,27,29);1H4. The first-order chi connectivity index (χ1) is 14.4. The van der Waals surface area contributed by atoms with Crippen LogP contribution < -0.4 is 10.8 Å². The number of pyridine rings is 1. The van der Waals surface area contributed by atoms with Gasteiger partial charge in [0, 0.05) is 22.9 Å². The van der Waals surface area contributed by atoms with Crippen LogP contribution in [0.1, 0.15) is 49.7 Å². The lowest BCUT2D eigenvalue weighted by Crippen LogP contribution is -2.49. The van der Waals surface area contributed by atoms with Gasteiger partial charge in [-0.2, -0.15) is 0 Å². The molecule has 0 aliphatic carbocycles. The molecule has 7 heteroatoms. The summed E-state index contributed by atoms with van der Waals surface area (Å²) in [7, 11) is 0. The van der Waals surface area contributed by atoms with Crippen molar-refractivity contribution in [3.05, 3.63) is 64.4 Å². The van der Waals surface area contributed by atoms with E-state index >= 15 is 0 Å². The van der Waals surface area contributed by atoms with E-state index in [1.165, 1.54) is 0 Å². The SMILES string of the molecule is C.CCONC(=O)C(NC(=O)c1ccc(C#CC#Cc2ccc(Cl)nc2)cc1)C(C)C. The van der Waals surface area contributed by atoms with Crippen LogP contribution >= 0.6 is 11.6 Å². The minimum atomic E-state index is -0.707. The summed E-state index contributed by atoms with van der Waals surface area (Å²) in [4.78, 5) is 33.5. The van der Waals surface area contributed by atoms with E-state index in [1.807, 2.05) is 13.8 Å². The monoisotopic (exact) mass is 439 g/mol. The van der Waals surface area contributed by atoms with Gasteiger partial charge in [-0.3, -0.25) is 14.4 Å². The Hall–Kier alpha value is -3.32. The molecule has 31 heavy (non-hydrogen) atoms. The summed E-state index contributed by atoms with van der Waals surface area (Å²) in [6.07, 6.45) is 1.57. The number of hydrogen-bond donors (Lipinski definition) is 2. The summed E-state index contributed by atoms with van der Waals surface area (Å²) in [5.41, 5.74) is 4.18. The molecule has 0 saturated carbocycles. The molecule has 0 radical (unpaired) electrons. The highest BCUT2D eigenvalue weighted by molar-refractivity contribution is 6.29. The van der Waals surface area contributed by atoms with Crippen molar-refractivity contribution < 1.29 is 14.4 Å². The molecule has 162 valence electrons. The van der Waals surface area contributed by atoms with Gasteiger partial charge in [-0.05, 0) is 61.1 Å². The van der Waals surface area contributed by atoms with Crippen molar-refractivity contribution in [3.63, 3.8) is 0 Å². The van der Waals surface area contributed by atoms with Crippen molar-refractivity contribution in [3.8, 4) is 23.7 Å². The zero-order valence-electron chi connectivity index (χ0n) is 17.0. The van der Waals surface area contributed by atoms with E-state index in [2.05, 4.69) is 39.5 Å². The lowest BCUT2D eigenvalue weighted by Gasteiger charge is -2.21. The quantitative estimate of drug-likeness (QED) is 0.409. The maximum Gasteiger partial charge on any atom is 0.266 e. The van der Waals surface area contributed by atoms with Gasteiger partial charge in [0.15, 0.2) is 0 Å². The molecular formula is C24H26ClN3O3. The average molecular weight is 440 g/mol. The van der Waals surface area contributed by atoms with E-state index in [4.69, 9.17) is 16.4 Å². The molecule has 1 heterocycles. The maximum absolute atomic E-state index is 12.5. The second-order valence-corrected chi connectivity index (χ2v) is 6.93. The molecule has 0 aliphatic heterocycles. The second kappa shape index (κ2) is 13.1. The van der Waals surface area contributed by atoms with Crippen LogP contribution in [0, 0.1) is 29.6 Å². The van der Waals surface area contributed by atoms with Gasteiger partial charge < -0.3 is 5.32 Å². The highest BCUT2D eigenvalue weighted by Gasteiger charge is 2.24. The van der Waals surface area contributed by atoms with Crippen molar-refractivity contribution in [2.75, 3.05) is 6.61 Å². The van der Waals surface area contributed by atoms with Gasteiger partial charge in [0.1, 0.15) is 11.2 Å². The first-order valence-corrected chi connectivity index (χ1v) is 9.74. The van der Waals surface area contributed by atoms with Crippen LogP contribution in [0.4, 0.5) is 0 Å². The Bertz CT molecular complexity index is 995. The van der Waals surface area contributed by atoms with Crippen molar-refractivity contribution in [2.45, 2.75) is 34.2 Å². The second-order valence-electron chi connectivity index (χ2n) is 6.54. The smallest absolute Gasteiger partial charge is 0.266 e. The number of carbonyl (C=O) groups is 2. The van der Waals surface area contributed by atoms with E-state index in [1.54, 1.807) is 49.5 Å². The molecule has 2 aromatic rings. The van der Waals surface area contributed by atoms with E-state index in [9.17, 15) is 9.59 Å². The number of nitrogens with zero attached hydrogens (tertiary/aromatic N) is 1. The maximum atomic E-state index is 12.5. The topological polar surface area (TPSA) is 80.3 Å². The Balaban J connectivity index is 0.00000480. The van der Waals surface area contributed by atoms with Crippen LogP contribution in [-0.2, 0) is 9.63 Å². The summed E-state index contributed by atoms with van der Waals surface area (Å²) in [5, 5.41) is 3.14. The zero-order chi connectivity index (χ0) is 21.9. The lowest BCUT2D eigenvalue weighted by molar-refractivity contribution is -0.136. The number of hydrogen-bond acceptors (Lipinski definition) is 4. The fourth-order valence-corrected chi connectivity index (χ4v) is 2.44. The molecule has 1 aromatic carbocycles. The zero-order valence-corrected chi connectivity index (χ0v) is 17.7. The average Bonchev–Trinajstić information content (AvgIpc) is 2.74. The highest BCUT2D eigenvalue weighted by atomic mass is 35.5. The van der Waals surface area contributed by atoms with Gasteiger partial charge >= 0.3 is 0 Å². The van der Waals surface area contributed by atoms with Crippen LogP contribution in [-0.4, -0.2) is 29.4 Å². The van der Waals surface area contributed by atoms with E-state index < -0.39 is 11.9 Å². The van der Waals surface area contributed by atoms with Crippen molar-refractivity contribution in [1.29, 1.82) is 0 Å². The fraction of sp³-hybridized carbons (Fsp3) is 0.292. The van der Waals surface area contributed by atoms with E-state index in [0.29, 0.717) is 28.5 Å². The minimum Gasteiger partial charge on any atom is -0.340 e. The van der Waals surface area contributed by atoms with Gasteiger partial charge in [0.05, 0.1) is 6.61 Å². The predicted molar refractivity (Wildman–Crippen MR) is 122 cm³/mol. The summed E-state index contributed by atoms with van der Waals surface area (Å²) < 4.78 is 0. The number of benzene rings is 1. The molecule has 2 N–H and O–H groups in total. The largest absolute Gasteiger partial charge is 0.340 e. The Labute approximate surface area is 188 Å². The highest BCUT2D eigenvalue weighted by Crippen LogP contribution is 2.07. The molecule has 1 aromatic heterocycles. The Morgan fingerprint density at radius 2 is 1.68 bits per heavy atom. The third-order valence-corrected chi connectivity index (χ3v) is 4.13. The van der Waals surface area contributed by atoms with Gasteiger partial charge in [-0.1, -0.05) is 44.7 Å². The van der Waals surface area contributed by atoms with Gasteiger partial charge in [-0.25, -0.2) is 10.5 Å². The molecule has 0 bridgehead atoms. The van der Waals surface area contributed by atoms with Crippen LogP contribution in [0.5, 0.6) is 0 Å². The fourth-order valence-electron chi connectivity index (χ4n) is 2.33. The molecule has 0 saturated heterocycles. The van der Waals surface area contributed by atoms with Crippen LogP contribution in [0.3, 0.4) is 0 Å². The summed E-state index contributed by atoms with van der Waals surface area (Å²) in [6.45, 7) is 5.79. The molecule has 0 fully saturated rings. The number of halogens is 1. The summed E-state index contributed by atoms with van der Waals surface area (Å²) in [6, 6.07) is 9.45. The Morgan fingerprint density at radius 3 is 2.23 bits per heavy atom. The third-order valence-electron chi connectivity index (χ3n) is 3.90. The normalized spacial score (nSPS) is 10.5. The number of hydroxylamine groups is 1. The number of rotatable bonds is 6. The summed E-state index contributed by atoms with van der Waals surface area (Å²) in [5.74, 6) is 10.4. The van der Waals surface area contributed by atoms with Crippen LogP contribution in [0.25, 0.3) is 0 Å². The van der Waals surface area contributed by atoms with Crippen molar-refractivity contribution in [2.24, 2.45) is 5.92 Å². The molecule has 6 nitrogen and oxygen atoms in total. The van der Waals surface area contributed by atoms with Gasteiger partial charge in [0.2, 0.25) is 0 Å². The van der Waals surface area contributed by atoms with E-state index in [0.717, 1.165) is 0 Å². The van der Waals surface area contributed by atoms with Crippen molar-refractivity contribution in [1.82, 2.24) is 15.8 Å². The Morgan fingerprint density at radius 1 is 1.06 bits per heavy atom. The molecular weight excluding hydrogens is 414 g/mol. The molecule has 2 amide bonds. The third kappa shape index (κ3) is 8.52. The van der Waals surface area contributed by atoms with Crippen molar-refractivity contribution >= 4 is 23.4 Å². The van der Waals surface area contributed by atoms with Gasteiger partial charge in [0.25, 0.3) is 11.8 Å². The predicted octanol–water partition coefficient (Wildman–Crippen LogP) is 3.60. The molecule has 2 rings (SSSR count). The van der Waals surface area contributed by atoms with Crippen LogP contribution in [0.15, 0.2) is 42.6 Å². The summed E-state index contributed by atoms with van der Waals surface area (Å²) >= 11 is 5.73. The van der Waals surface area contributed by atoms with E-state index in [-0.39, 0.29) is 19.3 Å². The first kappa shape index (κ1) is 25.7.